The first-order valence-electron chi connectivity index (χ1n) is 11.7. The SMILES string of the molecule is COC(=O)c1ccc(/C=C/C(=O)N2CC(CN(C(=O)C(F)(F)F)C3CC3c3ccc(C)cc3)C2)cc1. The minimum absolute atomic E-state index is 0.0339. The number of carbonyl (C=O) groups excluding carboxylic acids is 3. The lowest BCUT2D eigenvalue weighted by molar-refractivity contribution is -0.187. The third kappa shape index (κ3) is 5.78. The Bertz CT molecular complexity index is 1150. The second-order valence-corrected chi connectivity index (χ2v) is 9.33. The highest BCUT2D eigenvalue weighted by Crippen LogP contribution is 2.46. The molecule has 0 aromatic heterocycles. The Hall–Kier alpha value is -3.62. The van der Waals surface area contributed by atoms with Crippen LogP contribution >= 0.6 is 0 Å². The Kier molecular flexibility index (Phi) is 7.19. The zero-order chi connectivity index (χ0) is 26.0. The van der Waals surface area contributed by atoms with Crippen molar-refractivity contribution in [2.24, 2.45) is 5.92 Å². The standard InChI is InChI=1S/C27H27F3N2O4/c1-17-3-8-20(9-4-17)22-13-23(22)32(26(35)27(28,29)30)16-19-14-31(15-19)24(33)12-7-18-5-10-21(11-6-18)25(34)36-2/h3-12,19,22-23H,13-16H2,1-2H3/b12-7+. The van der Waals surface area contributed by atoms with Gasteiger partial charge in [0.15, 0.2) is 0 Å². The second kappa shape index (κ2) is 10.2. The van der Waals surface area contributed by atoms with E-state index in [4.69, 9.17) is 0 Å². The predicted molar refractivity (Wildman–Crippen MR) is 127 cm³/mol. The van der Waals surface area contributed by atoms with E-state index in [0.29, 0.717) is 17.5 Å². The highest BCUT2D eigenvalue weighted by atomic mass is 19.4. The van der Waals surface area contributed by atoms with E-state index in [-0.39, 0.29) is 37.4 Å². The highest BCUT2D eigenvalue weighted by molar-refractivity contribution is 5.93. The van der Waals surface area contributed by atoms with Crippen molar-refractivity contribution in [1.82, 2.24) is 9.80 Å². The number of hydrogen-bond acceptors (Lipinski definition) is 4. The number of benzene rings is 2. The topological polar surface area (TPSA) is 66.9 Å². The Balaban J connectivity index is 1.33. The molecule has 1 heterocycles. The number of hydrogen-bond donors (Lipinski definition) is 0. The number of methoxy groups -OCH3 is 1. The number of esters is 1. The Labute approximate surface area is 207 Å². The van der Waals surface area contributed by atoms with Gasteiger partial charge in [-0.05, 0) is 42.7 Å². The largest absolute Gasteiger partial charge is 0.471 e. The van der Waals surface area contributed by atoms with Crippen LogP contribution in [-0.4, -0.2) is 66.5 Å². The van der Waals surface area contributed by atoms with Crippen molar-refractivity contribution in [3.05, 3.63) is 76.9 Å². The molecule has 2 fully saturated rings. The fraction of sp³-hybridized carbons (Fsp3) is 0.370. The number of amides is 2. The van der Waals surface area contributed by atoms with Crippen LogP contribution < -0.4 is 0 Å². The first-order chi connectivity index (χ1) is 17.1. The normalized spacial score (nSPS) is 19.6. The van der Waals surface area contributed by atoms with E-state index < -0.39 is 24.1 Å². The average Bonchev–Trinajstić information content (AvgIpc) is 3.62. The predicted octanol–water partition coefficient (Wildman–Crippen LogP) is 4.20. The lowest BCUT2D eigenvalue weighted by atomic mass is 9.98. The third-order valence-electron chi connectivity index (χ3n) is 6.64. The van der Waals surface area contributed by atoms with Gasteiger partial charge >= 0.3 is 18.1 Å². The van der Waals surface area contributed by atoms with Crippen LogP contribution in [0.5, 0.6) is 0 Å². The van der Waals surface area contributed by atoms with Crippen LogP contribution in [-0.2, 0) is 14.3 Å². The number of aryl methyl sites for hydroxylation is 1. The van der Waals surface area contributed by atoms with E-state index in [1.54, 1.807) is 30.3 Å². The molecule has 0 bridgehead atoms. The van der Waals surface area contributed by atoms with Gasteiger partial charge in [0.1, 0.15) is 0 Å². The number of rotatable bonds is 7. The fourth-order valence-corrected chi connectivity index (χ4v) is 4.49. The van der Waals surface area contributed by atoms with Crippen molar-refractivity contribution in [2.45, 2.75) is 31.5 Å². The van der Waals surface area contributed by atoms with Crippen molar-refractivity contribution in [3.63, 3.8) is 0 Å². The monoisotopic (exact) mass is 500 g/mol. The van der Waals surface area contributed by atoms with Crippen molar-refractivity contribution in [1.29, 1.82) is 0 Å². The average molecular weight is 501 g/mol. The number of carbonyl (C=O) groups is 3. The summed E-state index contributed by atoms with van der Waals surface area (Å²) in [6.45, 7) is 2.48. The number of likely N-dealkylation sites (tertiary alicyclic amines) is 1. The molecule has 1 aliphatic heterocycles. The summed E-state index contributed by atoms with van der Waals surface area (Å²) < 4.78 is 44.6. The minimum atomic E-state index is -4.94. The van der Waals surface area contributed by atoms with Gasteiger partial charge in [-0.3, -0.25) is 9.59 Å². The first kappa shape index (κ1) is 25.5. The van der Waals surface area contributed by atoms with E-state index in [1.807, 2.05) is 31.2 Å². The molecule has 1 saturated carbocycles. The lowest BCUT2D eigenvalue weighted by Crippen LogP contribution is -2.56. The third-order valence-corrected chi connectivity index (χ3v) is 6.64. The molecule has 2 unspecified atom stereocenters. The Morgan fingerprint density at radius 3 is 2.28 bits per heavy atom. The molecule has 2 atom stereocenters. The summed E-state index contributed by atoms with van der Waals surface area (Å²) in [5.74, 6) is -2.86. The summed E-state index contributed by atoms with van der Waals surface area (Å²) in [4.78, 5) is 38.6. The molecule has 2 aromatic rings. The maximum atomic E-state index is 13.3. The highest BCUT2D eigenvalue weighted by Gasteiger charge is 2.52. The number of alkyl halides is 3. The molecule has 4 rings (SSSR count). The summed E-state index contributed by atoms with van der Waals surface area (Å²) in [6.07, 6.45) is -1.45. The van der Waals surface area contributed by atoms with Gasteiger partial charge < -0.3 is 14.5 Å². The Morgan fingerprint density at radius 1 is 1.06 bits per heavy atom. The van der Waals surface area contributed by atoms with Gasteiger partial charge in [0.25, 0.3) is 0 Å². The van der Waals surface area contributed by atoms with Gasteiger partial charge in [0, 0.05) is 43.6 Å². The number of halogens is 3. The van der Waals surface area contributed by atoms with Crippen LogP contribution in [0, 0.1) is 12.8 Å². The number of nitrogens with zero attached hydrogens (tertiary/aromatic N) is 2. The summed E-state index contributed by atoms with van der Waals surface area (Å²) in [7, 11) is 1.29. The van der Waals surface area contributed by atoms with E-state index in [0.717, 1.165) is 16.0 Å². The molecule has 190 valence electrons. The van der Waals surface area contributed by atoms with Crippen LogP contribution in [0.15, 0.2) is 54.6 Å². The quantitative estimate of drug-likeness (QED) is 0.422. The van der Waals surface area contributed by atoms with Gasteiger partial charge in [-0.1, -0.05) is 42.0 Å². The second-order valence-electron chi connectivity index (χ2n) is 9.33. The zero-order valence-electron chi connectivity index (χ0n) is 20.0. The first-order valence-corrected chi connectivity index (χ1v) is 11.7. The summed E-state index contributed by atoms with van der Waals surface area (Å²) >= 11 is 0. The van der Waals surface area contributed by atoms with Gasteiger partial charge in [-0.25, -0.2) is 4.79 Å². The van der Waals surface area contributed by atoms with E-state index in [2.05, 4.69) is 4.74 Å². The molecule has 6 nitrogen and oxygen atoms in total. The zero-order valence-corrected chi connectivity index (χ0v) is 20.0. The molecule has 2 amide bonds. The van der Waals surface area contributed by atoms with Crippen molar-refractivity contribution >= 4 is 23.9 Å². The van der Waals surface area contributed by atoms with Gasteiger partial charge in [-0.15, -0.1) is 0 Å². The summed E-state index contributed by atoms with van der Waals surface area (Å²) in [5.41, 5.74) is 3.10. The number of ether oxygens (including phenoxy) is 1. The minimum Gasteiger partial charge on any atom is -0.465 e. The molecule has 1 saturated heterocycles. The van der Waals surface area contributed by atoms with Crippen LogP contribution in [0.4, 0.5) is 13.2 Å². The molecule has 0 N–H and O–H groups in total. The maximum absolute atomic E-state index is 13.3. The van der Waals surface area contributed by atoms with Crippen molar-refractivity contribution < 1.29 is 32.3 Å². The smallest absolute Gasteiger partial charge is 0.465 e. The van der Waals surface area contributed by atoms with E-state index in [9.17, 15) is 27.6 Å². The fourth-order valence-electron chi connectivity index (χ4n) is 4.49. The molecular formula is C27H27F3N2O4. The molecule has 36 heavy (non-hydrogen) atoms. The molecule has 1 aliphatic carbocycles. The maximum Gasteiger partial charge on any atom is 0.471 e. The lowest BCUT2D eigenvalue weighted by Gasteiger charge is -2.41. The molecule has 0 spiro atoms. The molecule has 2 aromatic carbocycles. The summed E-state index contributed by atoms with van der Waals surface area (Å²) in [6, 6.07) is 13.7. The van der Waals surface area contributed by atoms with E-state index in [1.165, 1.54) is 18.1 Å². The van der Waals surface area contributed by atoms with Crippen LogP contribution in [0.2, 0.25) is 0 Å². The molecular weight excluding hydrogens is 473 g/mol. The molecule has 2 aliphatic rings. The van der Waals surface area contributed by atoms with Crippen LogP contribution in [0.3, 0.4) is 0 Å². The van der Waals surface area contributed by atoms with Crippen LogP contribution in [0.1, 0.15) is 39.4 Å². The van der Waals surface area contributed by atoms with Gasteiger partial charge in [0.05, 0.1) is 12.7 Å². The van der Waals surface area contributed by atoms with E-state index >= 15 is 0 Å². The van der Waals surface area contributed by atoms with Gasteiger partial charge in [0.2, 0.25) is 5.91 Å². The van der Waals surface area contributed by atoms with Crippen molar-refractivity contribution in [3.8, 4) is 0 Å². The summed E-state index contributed by atoms with van der Waals surface area (Å²) in [5, 5.41) is 0. The Morgan fingerprint density at radius 2 is 1.69 bits per heavy atom. The van der Waals surface area contributed by atoms with Crippen molar-refractivity contribution in [2.75, 3.05) is 26.7 Å². The van der Waals surface area contributed by atoms with Gasteiger partial charge in [-0.2, -0.15) is 13.2 Å². The molecule has 0 radical (unpaired) electrons. The van der Waals surface area contributed by atoms with Crippen LogP contribution in [0.25, 0.3) is 6.08 Å². The molecule has 9 heteroatoms.